The Morgan fingerprint density at radius 3 is 2.86 bits per heavy atom. The van der Waals surface area contributed by atoms with E-state index >= 15 is 0 Å². The Labute approximate surface area is 130 Å². The number of hydrogen-bond donors (Lipinski definition) is 1. The Balaban J connectivity index is 1.86. The van der Waals surface area contributed by atoms with Gasteiger partial charge in [-0.2, -0.15) is 0 Å². The summed E-state index contributed by atoms with van der Waals surface area (Å²) in [4.78, 5) is 12.9. The number of hydrogen-bond acceptors (Lipinski definition) is 3. The van der Waals surface area contributed by atoms with Gasteiger partial charge in [0.15, 0.2) is 0 Å². The number of likely N-dealkylation sites (tertiary alicyclic amines) is 1. The number of aliphatic hydroxyl groups excluding tert-OH is 1. The maximum Gasteiger partial charge on any atom is 0.267 e. The van der Waals surface area contributed by atoms with Crippen LogP contribution >= 0.6 is 11.6 Å². The number of alkyl halides is 2. The fourth-order valence-corrected chi connectivity index (χ4v) is 2.44. The first kappa shape index (κ1) is 16.9. The first-order valence-electron chi connectivity index (χ1n) is 6.68. The van der Waals surface area contributed by atoms with E-state index in [1.54, 1.807) is 0 Å². The number of carbonyl (C=O) groups excluding carboxylic acids is 1. The number of rotatable bonds is 5. The smallest absolute Gasteiger partial charge is 0.267 e. The van der Waals surface area contributed by atoms with E-state index in [4.69, 9.17) is 21.4 Å². The molecular formula is C14H15ClF3NO3. The van der Waals surface area contributed by atoms with Crippen molar-refractivity contribution in [2.24, 2.45) is 0 Å². The molecule has 1 aromatic carbocycles. The molecule has 1 saturated heterocycles. The van der Waals surface area contributed by atoms with Gasteiger partial charge in [-0.25, -0.2) is 13.2 Å². The third kappa shape index (κ3) is 4.04. The Bertz CT molecular complexity index is 556. The van der Waals surface area contributed by atoms with Gasteiger partial charge < -0.3 is 14.7 Å². The van der Waals surface area contributed by atoms with Crippen molar-refractivity contribution in [3.8, 4) is 5.75 Å². The summed E-state index contributed by atoms with van der Waals surface area (Å²) in [7, 11) is 0. The normalized spacial score (nSPS) is 20.2. The fraction of sp³-hybridized carbons (Fsp3) is 0.500. The lowest BCUT2D eigenvalue weighted by Gasteiger charge is -2.22. The topological polar surface area (TPSA) is 49.8 Å². The van der Waals surface area contributed by atoms with E-state index in [1.807, 2.05) is 0 Å². The van der Waals surface area contributed by atoms with Gasteiger partial charge >= 0.3 is 0 Å². The first-order valence-corrected chi connectivity index (χ1v) is 7.06. The van der Waals surface area contributed by atoms with Gasteiger partial charge in [-0.3, -0.25) is 4.79 Å². The molecule has 1 fully saturated rings. The van der Waals surface area contributed by atoms with Crippen LogP contribution in [-0.4, -0.2) is 47.6 Å². The summed E-state index contributed by atoms with van der Waals surface area (Å²) in [5.41, 5.74) is 0. The van der Waals surface area contributed by atoms with Gasteiger partial charge in [-0.1, -0.05) is 11.6 Å². The van der Waals surface area contributed by atoms with Crippen molar-refractivity contribution in [1.29, 1.82) is 0 Å². The lowest BCUT2D eigenvalue weighted by molar-refractivity contribution is -0.134. The van der Waals surface area contributed by atoms with E-state index in [9.17, 15) is 18.0 Å². The molecule has 8 heteroatoms. The van der Waals surface area contributed by atoms with Gasteiger partial charge in [0.05, 0.1) is 37.2 Å². The molecule has 0 spiro atoms. The lowest BCUT2D eigenvalue weighted by atomic mass is 10.2. The molecule has 1 heterocycles. The molecular weight excluding hydrogens is 323 g/mol. The summed E-state index contributed by atoms with van der Waals surface area (Å²) >= 11 is 5.52. The summed E-state index contributed by atoms with van der Waals surface area (Å²) in [5, 5.41) is 9.02. The van der Waals surface area contributed by atoms with Gasteiger partial charge in [-0.15, -0.1) is 0 Å². The van der Waals surface area contributed by atoms with Crippen LogP contribution in [0.3, 0.4) is 0 Å². The number of carbonyl (C=O) groups is 1. The second kappa shape index (κ2) is 6.75. The van der Waals surface area contributed by atoms with Crippen LogP contribution in [0.2, 0.25) is 5.02 Å². The predicted octanol–water partition coefficient (Wildman–Crippen LogP) is 2.48. The summed E-state index contributed by atoms with van der Waals surface area (Å²) in [6.45, 7) is -1.29. The molecule has 0 saturated carbocycles. The average molecular weight is 338 g/mol. The Morgan fingerprint density at radius 2 is 2.23 bits per heavy atom. The van der Waals surface area contributed by atoms with Crippen LogP contribution < -0.4 is 4.74 Å². The molecule has 4 nitrogen and oxygen atoms in total. The van der Waals surface area contributed by atoms with Crippen LogP contribution in [0.4, 0.5) is 13.2 Å². The van der Waals surface area contributed by atoms with Crippen molar-refractivity contribution < 1.29 is 27.8 Å². The number of aliphatic hydroxyl groups is 1. The molecule has 22 heavy (non-hydrogen) atoms. The Hall–Kier alpha value is -1.47. The second-order valence-corrected chi connectivity index (χ2v) is 5.50. The summed E-state index contributed by atoms with van der Waals surface area (Å²) in [6.07, 6.45) is -0.685. The predicted molar refractivity (Wildman–Crippen MR) is 73.7 cm³/mol. The molecule has 1 amide bonds. The van der Waals surface area contributed by atoms with Crippen molar-refractivity contribution in [3.63, 3.8) is 0 Å². The number of benzene rings is 1. The molecule has 122 valence electrons. The van der Waals surface area contributed by atoms with Crippen LogP contribution in [0.25, 0.3) is 0 Å². The van der Waals surface area contributed by atoms with Crippen molar-refractivity contribution >= 4 is 17.5 Å². The van der Waals surface area contributed by atoms with E-state index in [-0.39, 0.29) is 23.8 Å². The van der Waals surface area contributed by atoms with E-state index < -0.39 is 43.3 Å². The summed E-state index contributed by atoms with van der Waals surface area (Å²) < 4.78 is 44.9. The van der Waals surface area contributed by atoms with Crippen LogP contribution in [0.15, 0.2) is 18.2 Å². The highest BCUT2D eigenvalue weighted by atomic mass is 35.5. The lowest BCUT2D eigenvalue weighted by Crippen LogP contribution is -2.38. The molecule has 1 N–H and O–H groups in total. The molecule has 1 aromatic rings. The molecule has 0 radical (unpaired) electrons. The van der Waals surface area contributed by atoms with E-state index in [2.05, 4.69) is 0 Å². The minimum atomic E-state index is -2.98. The zero-order valence-corrected chi connectivity index (χ0v) is 12.3. The van der Waals surface area contributed by atoms with Crippen LogP contribution in [0.1, 0.15) is 12.8 Å². The summed E-state index contributed by atoms with van der Waals surface area (Å²) in [6, 6.07) is 2.95. The fourth-order valence-electron chi connectivity index (χ4n) is 2.32. The molecule has 2 rings (SSSR count). The number of ether oxygens (including phenoxy) is 1. The summed E-state index contributed by atoms with van der Waals surface area (Å²) in [5.74, 6) is -3.97. The van der Waals surface area contributed by atoms with Crippen molar-refractivity contribution in [1.82, 2.24) is 4.90 Å². The van der Waals surface area contributed by atoms with Gasteiger partial charge in [0.1, 0.15) is 11.6 Å². The highest BCUT2D eigenvalue weighted by Crippen LogP contribution is 2.32. The zero-order chi connectivity index (χ0) is 16.3. The van der Waals surface area contributed by atoms with Gasteiger partial charge in [0, 0.05) is 12.5 Å². The third-order valence-electron chi connectivity index (χ3n) is 3.38. The Kier molecular flexibility index (Phi) is 5.18. The molecule has 0 aliphatic carbocycles. The molecule has 1 unspecified atom stereocenters. The maximum absolute atomic E-state index is 13.3. The third-order valence-corrected chi connectivity index (χ3v) is 3.69. The number of halogens is 4. The van der Waals surface area contributed by atoms with Crippen molar-refractivity contribution in [3.05, 3.63) is 29.0 Å². The van der Waals surface area contributed by atoms with E-state index in [0.29, 0.717) is 0 Å². The standard InChI is InChI=1S/C14H15ClF3NO3/c15-11-2-1-10(5-12(11)16)22-4-3-13(21)19-8-14(17,18)6-9(19)7-20/h1-2,5,9,20H,3-4,6-8H2. The first-order chi connectivity index (χ1) is 10.3. The van der Waals surface area contributed by atoms with Gasteiger partial charge in [0.25, 0.3) is 5.92 Å². The maximum atomic E-state index is 13.3. The molecule has 0 bridgehead atoms. The molecule has 1 aliphatic heterocycles. The Morgan fingerprint density at radius 1 is 1.50 bits per heavy atom. The average Bonchev–Trinajstić information content (AvgIpc) is 2.78. The van der Waals surface area contributed by atoms with Gasteiger partial charge in [0.2, 0.25) is 5.91 Å². The monoisotopic (exact) mass is 337 g/mol. The van der Waals surface area contributed by atoms with Gasteiger partial charge in [-0.05, 0) is 12.1 Å². The van der Waals surface area contributed by atoms with Crippen molar-refractivity contribution in [2.45, 2.75) is 24.8 Å². The number of nitrogens with zero attached hydrogens (tertiary/aromatic N) is 1. The quantitative estimate of drug-likeness (QED) is 0.898. The molecule has 1 aliphatic rings. The minimum absolute atomic E-state index is 0.0477. The number of amides is 1. The van der Waals surface area contributed by atoms with Crippen LogP contribution in [-0.2, 0) is 4.79 Å². The van der Waals surface area contributed by atoms with Crippen LogP contribution in [0.5, 0.6) is 5.75 Å². The van der Waals surface area contributed by atoms with E-state index in [1.165, 1.54) is 12.1 Å². The highest BCUT2D eigenvalue weighted by molar-refractivity contribution is 6.30. The minimum Gasteiger partial charge on any atom is -0.493 e. The van der Waals surface area contributed by atoms with E-state index in [0.717, 1.165) is 11.0 Å². The van der Waals surface area contributed by atoms with Crippen LogP contribution in [0, 0.1) is 5.82 Å². The molecule has 0 aromatic heterocycles. The molecule has 1 atom stereocenters. The highest BCUT2D eigenvalue weighted by Gasteiger charge is 2.46. The second-order valence-electron chi connectivity index (χ2n) is 5.09. The largest absolute Gasteiger partial charge is 0.493 e. The SMILES string of the molecule is O=C(CCOc1ccc(Cl)c(F)c1)N1CC(F)(F)CC1CO. The zero-order valence-electron chi connectivity index (χ0n) is 11.6. The van der Waals surface area contributed by atoms with Crippen molar-refractivity contribution in [2.75, 3.05) is 19.8 Å².